The maximum Gasteiger partial charge on any atom is 0.296 e. The summed E-state index contributed by atoms with van der Waals surface area (Å²) >= 11 is 0. The lowest BCUT2D eigenvalue weighted by molar-refractivity contribution is 0.0180. The molecule has 0 atom stereocenters. The molecule has 116 valence electrons. The van der Waals surface area contributed by atoms with Crippen molar-refractivity contribution in [3.8, 4) is 0 Å². The third-order valence-electron chi connectivity index (χ3n) is 2.27. The van der Waals surface area contributed by atoms with Gasteiger partial charge < -0.3 is 9.30 Å². The fraction of sp³-hybridized carbons (Fsp3) is 0.800. The van der Waals surface area contributed by atoms with Gasteiger partial charge in [-0.1, -0.05) is 13.8 Å². The van der Waals surface area contributed by atoms with Crippen molar-refractivity contribution < 1.29 is 21.9 Å². The van der Waals surface area contributed by atoms with Crippen LogP contribution in [-0.4, -0.2) is 42.8 Å². The van der Waals surface area contributed by atoms with Crippen LogP contribution >= 0.6 is 10.7 Å². The van der Waals surface area contributed by atoms with E-state index in [0.717, 1.165) is 0 Å². The van der Waals surface area contributed by atoms with Crippen molar-refractivity contribution >= 4 is 19.7 Å². The molecule has 0 aliphatic rings. The third kappa shape index (κ3) is 5.29. The number of halogens is 3. The lowest BCUT2D eigenvalue weighted by atomic mass is 10.2. The van der Waals surface area contributed by atoms with E-state index in [2.05, 4.69) is 10.2 Å². The van der Waals surface area contributed by atoms with Gasteiger partial charge in [-0.25, -0.2) is 17.2 Å². The van der Waals surface area contributed by atoms with E-state index in [9.17, 15) is 17.2 Å². The summed E-state index contributed by atoms with van der Waals surface area (Å²) in [5, 5.41) is 6.94. The summed E-state index contributed by atoms with van der Waals surface area (Å²) in [5.74, 6) is 0.482. The van der Waals surface area contributed by atoms with E-state index in [1.54, 1.807) is 0 Å². The molecule has 1 aromatic rings. The van der Waals surface area contributed by atoms with Gasteiger partial charge in [-0.3, -0.25) is 0 Å². The second-order valence-corrected chi connectivity index (χ2v) is 7.02. The second-order valence-electron chi connectivity index (χ2n) is 4.56. The topological polar surface area (TPSA) is 74.1 Å². The number of aromatic nitrogens is 3. The van der Waals surface area contributed by atoms with Crippen LogP contribution in [0.1, 0.15) is 19.7 Å². The largest absolute Gasteiger partial charge is 0.375 e. The molecule has 0 unspecified atom stereocenters. The zero-order chi connectivity index (χ0) is 15.3. The Balaban J connectivity index is 2.82. The Morgan fingerprint density at radius 2 is 2.00 bits per heavy atom. The molecule has 0 saturated carbocycles. The molecule has 0 radical (unpaired) electrons. The predicted octanol–water partition coefficient (Wildman–Crippen LogP) is 1.69. The van der Waals surface area contributed by atoms with Gasteiger partial charge in [-0.2, -0.15) is 0 Å². The van der Waals surface area contributed by atoms with E-state index >= 15 is 0 Å². The van der Waals surface area contributed by atoms with Gasteiger partial charge in [0.25, 0.3) is 20.6 Å². The quantitative estimate of drug-likeness (QED) is 0.535. The Kier molecular flexibility index (Phi) is 6.28. The highest BCUT2D eigenvalue weighted by atomic mass is 35.7. The van der Waals surface area contributed by atoms with Crippen molar-refractivity contribution in [2.45, 2.75) is 38.4 Å². The molecule has 0 aliphatic heterocycles. The SMILES string of the molecule is CC(C)Cn1c(CCOCC(F)F)nnc1S(=O)(=O)Cl. The fourth-order valence-corrected chi connectivity index (χ4v) is 2.49. The minimum Gasteiger partial charge on any atom is -0.375 e. The summed E-state index contributed by atoms with van der Waals surface area (Å²) in [7, 11) is 1.28. The minimum atomic E-state index is -4.00. The van der Waals surface area contributed by atoms with Crippen LogP contribution in [0.5, 0.6) is 0 Å². The number of rotatable bonds is 8. The fourth-order valence-electron chi connectivity index (χ4n) is 1.57. The van der Waals surface area contributed by atoms with Crippen LogP contribution in [0.3, 0.4) is 0 Å². The smallest absolute Gasteiger partial charge is 0.296 e. The molecular formula is C10H16ClF2N3O3S. The highest BCUT2D eigenvalue weighted by Crippen LogP contribution is 2.16. The van der Waals surface area contributed by atoms with E-state index in [4.69, 9.17) is 15.4 Å². The van der Waals surface area contributed by atoms with Gasteiger partial charge in [0.05, 0.1) is 6.61 Å². The molecule has 0 bridgehead atoms. The molecule has 6 nitrogen and oxygen atoms in total. The highest BCUT2D eigenvalue weighted by molar-refractivity contribution is 8.13. The van der Waals surface area contributed by atoms with E-state index in [1.165, 1.54) is 4.57 Å². The van der Waals surface area contributed by atoms with Crippen molar-refractivity contribution in [3.63, 3.8) is 0 Å². The zero-order valence-electron chi connectivity index (χ0n) is 11.1. The van der Waals surface area contributed by atoms with E-state index in [0.29, 0.717) is 12.4 Å². The molecule has 0 N–H and O–H groups in total. The van der Waals surface area contributed by atoms with Crippen molar-refractivity contribution in [2.75, 3.05) is 13.2 Å². The molecular weight excluding hydrogens is 316 g/mol. The van der Waals surface area contributed by atoms with Gasteiger partial charge in [0.1, 0.15) is 12.4 Å². The normalized spacial score (nSPS) is 12.6. The summed E-state index contributed by atoms with van der Waals surface area (Å²) in [4.78, 5) is 0. The van der Waals surface area contributed by atoms with Crippen LogP contribution in [0.25, 0.3) is 0 Å². The Hall–Kier alpha value is -0.800. The molecule has 0 saturated heterocycles. The van der Waals surface area contributed by atoms with Crippen molar-refractivity contribution in [3.05, 3.63) is 5.82 Å². The van der Waals surface area contributed by atoms with Crippen molar-refractivity contribution in [1.82, 2.24) is 14.8 Å². The van der Waals surface area contributed by atoms with Gasteiger partial charge in [0.15, 0.2) is 0 Å². The average molecular weight is 332 g/mol. The second kappa shape index (κ2) is 7.28. The monoisotopic (exact) mass is 331 g/mol. The zero-order valence-corrected chi connectivity index (χ0v) is 12.7. The molecule has 10 heteroatoms. The Labute approximate surface area is 120 Å². The van der Waals surface area contributed by atoms with Crippen molar-refractivity contribution in [2.24, 2.45) is 5.92 Å². The molecule has 20 heavy (non-hydrogen) atoms. The summed E-state index contributed by atoms with van der Waals surface area (Å²) in [5.41, 5.74) is 0. The van der Waals surface area contributed by atoms with Gasteiger partial charge in [-0.05, 0) is 5.92 Å². The molecule has 1 aromatic heterocycles. The molecule has 1 rings (SSSR count). The maximum atomic E-state index is 11.9. The Bertz CT molecular complexity index is 534. The van der Waals surface area contributed by atoms with Crippen LogP contribution in [0, 0.1) is 5.92 Å². The standard InChI is InChI=1S/C10H16ClF2N3O3S/c1-7(2)5-16-9(3-4-19-6-8(12)13)14-15-10(16)20(11,17)18/h7-8H,3-6H2,1-2H3. The summed E-state index contributed by atoms with van der Waals surface area (Å²) in [6, 6.07) is 0. The number of hydrogen-bond donors (Lipinski definition) is 0. The number of ether oxygens (including phenoxy) is 1. The van der Waals surface area contributed by atoms with Crippen molar-refractivity contribution in [1.29, 1.82) is 0 Å². The first-order valence-corrected chi connectivity index (χ1v) is 8.25. The van der Waals surface area contributed by atoms with Crippen LogP contribution < -0.4 is 0 Å². The first-order valence-electron chi connectivity index (χ1n) is 5.94. The molecule has 0 spiro atoms. The molecule has 0 aromatic carbocycles. The first-order chi connectivity index (χ1) is 9.21. The average Bonchev–Trinajstić information content (AvgIpc) is 2.66. The van der Waals surface area contributed by atoms with E-state index in [-0.39, 0.29) is 24.1 Å². The van der Waals surface area contributed by atoms with Crippen LogP contribution in [0.2, 0.25) is 0 Å². The van der Waals surface area contributed by atoms with Crippen LogP contribution in [0.15, 0.2) is 5.16 Å². The number of hydrogen-bond acceptors (Lipinski definition) is 5. The molecule has 0 fully saturated rings. The maximum absolute atomic E-state index is 11.9. The van der Waals surface area contributed by atoms with Crippen LogP contribution in [0.4, 0.5) is 8.78 Å². The number of nitrogens with zero attached hydrogens (tertiary/aromatic N) is 3. The minimum absolute atomic E-state index is 0.00288. The Morgan fingerprint density at radius 1 is 1.35 bits per heavy atom. The van der Waals surface area contributed by atoms with Gasteiger partial charge in [0, 0.05) is 23.6 Å². The number of alkyl halides is 2. The van der Waals surface area contributed by atoms with Crippen LogP contribution in [-0.2, 0) is 26.8 Å². The summed E-state index contributed by atoms with van der Waals surface area (Å²) < 4.78 is 52.7. The molecule has 0 amide bonds. The molecule has 0 aliphatic carbocycles. The molecule has 1 heterocycles. The van der Waals surface area contributed by atoms with Gasteiger partial charge >= 0.3 is 0 Å². The third-order valence-corrected chi connectivity index (χ3v) is 3.43. The predicted molar refractivity (Wildman–Crippen MR) is 68.4 cm³/mol. The lowest BCUT2D eigenvalue weighted by Gasteiger charge is -2.11. The van der Waals surface area contributed by atoms with Gasteiger partial charge in [-0.15, -0.1) is 10.2 Å². The highest BCUT2D eigenvalue weighted by Gasteiger charge is 2.22. The first kappa shape index (κ1) is 17.3. The lowest BCUT2D eigenvalue weighted by Crippen LogP contribution is -2.15. The Morgan fingerprint density at radius 3 is 2.50 bits per heavy atom. The van der Waals surface area contributed by atoms with E-state index < -0.39 is 22.1 Å². The summed E-state index contributed by atoms with van der Waals surface area (Å²) in [6.45, 7) is 3.48. The van der Waals surface area contributed by atoms with E-state index in [1.807, 2.05) is 13.8 Å². The summed E-state index contributed by atoms with van der Waals surface area (Å²) in [6.07, 6.45) is -2.36. The van der Waals surface area contributed by atoms with Gasteiger partial charge in [0.2, 0.25) is 0 Å².